The van der Waals surface area contributed by atoms with Crippen LogP contribution in [0.1, 0.15) is 38.5 Å². The summed E-state index contributed by atoms with van der Waals surface area (Å²) in [7, 11) is 0. The highest BCUT2D eigenvalue weighted by molar-refractivity contribution is 5.81. The number of carbonyl (C=O) groups is 1. The fraction of sp³-hybridized carbons (Fsp3) is 0.900. The molecule has 0 aromatic carbocycles. The van der Waals surface area contributed by atoms with E-state index >= 15 is 0 Å². The number of aliphatic hydroxyl groups is 1. The monoisotopic (exact) mass is 183 g/mol. The molecule has 1 heterocycles. The molecule has 13 heavy (non-hydrogen) atoms. The number of piperidine rings is 1. The molecule has 1 unspecified atom stereocenters. The number of likely N-dealkylation sites (tertiary alicyclic amines) is 1. The zero-order valence-corrected chi connectivity index (χ0v) is 7.91. The van der Waals surface area contributed by atoms with Crippen LogP contribution >= 0.6 is 0 Å². The summed E-state index contributed by atoms with van der Waals surface area (Å²) >= 11 is 0. The van der Waals surface area contributed by atoms with E-state index in [4.69, 9.17) is 0 Å². The first-order chi connectivity index (χ1) is 6.29. The summed E-state index contributed by atoms with van der Waals surface area (Å²) in [6.07, 6.45) is 5.66. The van der Waals surface area contributed by atoms with Crippen LogP contribution in [0, 0.1) is 0 Å². The molecule has 1 aliphatic carbocycles. The molecule has 2 fully saturated rings. The molecule has 1 aliphatic heterocycles. The second-order valence-corrected chi connectivity index (χ2v) is 4.13. The lowest BCUT2D eigenvalue weighted by atomic mass is 10.0. The molecule has 3 heteroatoms. The van der Waals surface area contributed by atoms with E-state index in [0.717, 1.165) is 25.8 Å². The van der Waals surface area contributed by atoms with Crippen LogP contribution in [0.5, 0.6) is 0 Å². The molecule has 2 aliphatic rings. The van der Waals surface area contributed by atoms with Crippen molar-refractivity contribution in [3.05, 3.63) is 0 Å². The molecule has 1 amide bonds. The maximum Gasteiger partial charge on any atom is 0.251 e. The second-order valence-electron chi connectivity index (χ2n) is 4.13. The van der Waals surface area contributed by atoms with Gasteiger partial charge in [0.05, 0.1) is 0 Å². The van der Waals surface area contributed by atoms with Crippen molar-refractivity contribution in [3.8, 4) is 0 Å². The maximum absolute atomic E-state index is 11.6. The largest absolute Gasteiger partial charge is 0.383 e. The lowest BCUT2D eigenvalue weighted by Crippen LogP contribution is -2.48. The van der Waals surface area contributed by atoms with Gasteiger partial charge in [-0.05, 0) is 25.7 Å². The number of hydrogen-bond donors (Lipinski definition) is 1. The smallest absolute Gasteiger partial charge is 0.251 e. The van der Waals surface area contributed by atoms with Gasteiger partial charge in [-0.15, -0.1) is 0 Å². The fourth-order valence-corrected chi connectivity index (χ4v) is 2.46. The molecule has 1 atom stereocenters. The zero-order valence-electron chi connectivity index (χ0n) is 7.91. The number of carbonyl (C=O) groups excluding carboxylic acids is 1. The molecule has 3 nitrogen and oxygen atoms in total. The van der Waals surface area contributed by atoms with Gasteiger partial charge in [-0.3, -0.25) is 4.79 Å². The van der Waals surface area contributed by atoms with Crippen molar-refractivity contribution >= 4 is 5.91 Å². The van der Waals surface area contributed by atoms with E-state index < -0.39 is 6.10 Å². The minimum absolute atomic E-state index is 0.0295. The van der Waals surface area contributed by atoms with Crippen LogP contribution in [0.4, 0.5) is 0 Å². The predicted molar refractivity (Wildman–Crippen MR) is 49.2 cm³/mol. The van der Waals surface area contributed by atoms with Gasteiger partial charge in [-0.2, -0.15) is 0 Å². The quantitative estimate of drug-likeness (QED) is 0.656. The summed E-state index contributed by atoms with van der Waals surface area (Å²) in [6.45, 7) is 0.862. The van der Waals surface area contributed by atoms with Crippen molar-refractivity contribution in [2.45, 2.75) is 50.7 Å². The lowest BCUT2D eigenvalue weighted by molar-refractivity contribution is -0.146. The number of aliphatic hydroxyl groups excluding tert-OH is 1. The van der Waals surface area contributed by atoms with Crippen LogP contribution in [0.3, 0.4) is 0 Å². The predicted octanol–water partition coefficient (Wildman–Crippen LogP) is 0.912. The minimum atomic E-state index is -0.714. The Labute approximate surface area is 78.7 Å². The van der Waals surface area contributed by atoms with Crippen LogP contribution in [0.25, 0.3) is 0 Å². The molecule has 0 aromatic rings. The molecule has 2 rings (SSSR count). The Kier molecular flexibility index (Phi) is 2.54. The zero-order chi connectivity index (χ0) is 9.26. The standard InChI is InChI=1S/C10H17NO2/c12-9-6-3-7-11(10(9)13)8-4-1-2-5-8/h8-9,12H,1-7H2. The summed E-state index contributed by atoms with van der Waals surface area (Å²) in [5.74, 6) is -0.0295. The molecular weight excluding hydrogens is 166 g/mol. The van der Waals surface area contributed by atoms with Crippen LogP contribution in [-0.2, 0) is 4.79 Å². The Morgan fingerprint density at radius 3 is 2.54 bits per heavy atom. The van der Waals surface area contributed by atoms with Gasteiger partial charge in [0.25, 0.3) is 5.91 Å². The first-order valence-corrected chi connectivity index (χ1v) is 5.27. The van der Waals surface area contributed by atoms with Crippen molar-refractivity contribution < 1.29 is 9.90 Å². The summed E-state index contributed by atoms with van der Waals surface area (Å²) in [5.41, 5.74) is 0. The molecule has 0 bridgehead atoms. The van der Waals surface area contributed by atoms with Gasteiger partial charge in [0, 0.05) is 12.6 Å². The Hall–Kier alpha value is -0.570. The highest BCUT2D eigenvalue weighted by atomic mass is 16.3. The van der Waals surface area contributed by atoms with Crippen molar-refractivity contribution in [3.63, 3.8) is 0 Å². The third-order valence-corrected chi connectivity index (χ3v) is 3.21. The topological polar surface area (TPSA) is 40.5 Å². The van der Waals surface area contributed by atoms with Gasteiger partial charge in [0.1, 0.15) is 6.10 Å². The van der Waals surface area contributed by atoms with Crippen LogP contribution in [-0.4, -0.2) is 34.6 Å². The van der Waals surface area contributed by atoms with E-state index in [1.54, 1.807) is 0 Å². The van der Waals surface area contributed by atoms with E-state index in [1.807, 2.05) is 4.90 Å². The normalized spacial score (nSPS) is 31.3. The van der Waals surface area contributed by atoms with Gasteiger partial charge < -0.3 is 10.0 Å². The van der Waals surface area contributed by atoms with Crippen molar-refractivity contribution in [2.75, 3.05) is 6.54 Å². The summed E-state index contributed by atoms with van der Waals surface area (Å²) in [4.78, 5) is 13.5. The average molecular weight is 183 g/mol. The molecule has 0 radical (unpaired) electrons. The van der Waals surface area contributed by atoms with Crippen LogP contribution < -0.4 is 0 Å². The van der Waals surface area contributed by atoms with Gasteiger partial charge >= 0.3 is 0 Å². The highest BCUT2D eigenvalue weighted by Crippen LogP contribution is 2.26. The maximum atomic E-state index is 11.6. The van der Waals surface area contributed by atoms with Gasteiger partial charge in [0.2, 0.25) is 0 Å². The van der Waals surface area contributed by atoms with Crippen LogP contribution in [0.15, 0.2) is 0 Å². The Balaban J connectivity index is 2.00. The second kappa shape index (κ2) is 3.66. The number of rotatable bonds is 1. The van der Waals surface area contributed by atoms with Crippen molar-refractivity contribution in [2.24, 2.45) is 0 Å². The van der Waals surface area contributed by atoms with E-state index in [1.165, 1.54) is 12.8 Å². The molecule has 1 saturated heterocycles. The molecule has 1 saturated carbocycles. The highest BCUT2D eigenvalue weighted by Gasteiger charge is 2.32. The minimum Gasteiger partial charge on any atom is -0.383 e. The first-order valence-electron chi connectivity index (χ1n) is 5.27. The van der Waals surface area contributed by atoms with Gasteiger partial charge in [-0.1, -0.05) is 12.8 Å². The Morgan fingerprint density at radius 1 is 1.15 bits per heavy atom. The summed E-state index contributed by atoms with van der Waals surface area (Å²) in [6, 6.07) is 0.433. The van der Waals surface area contributed by atoms with Crippen LogP contribution in [0.2, 0.25) is 0 Å². The SMILES string of the molecule is O=C1C(O)CCCN1C1CCCC1. The molecule has 0 aromatic heterocycles. The molecule has 74 valence electrons. The van der Waals surface area contributed by atoms with Crippen molar-refractivity contribution in [1.29, 1.82) is 0 Å². The average Bonchev–Trinajstić information content (AvgIpc) is 2.62. The first kappa shape index (κ1) is 9.00. The number of nitrogens with zero attached hydrogens (tertiary/aromatic N) is 1. The van der Waals surface area contributed by atoms with Gasteiger partial charge in [-0.25, -0.2) is 0 Å². The lowest BCUT2D eigenvalue weighted by Gasteiger charge is -2.34. The van der Waals surface area contributed by atoms with E-state index in [-0.39, 0.29) is 5.91 Å². The van der Waals surface area contributed by atoms with E-state index in [0.29, 0.717) is 12.5 Å². The third kappa shape index (κ3) is 1.70. The summed E-state index contributed by atoms with van der Waals surface area (Å²) < 4.78 is 0. The Morgan fingerprint density at radius 2 is 1.85 bits per heavy atom. The third-order valence-electron chi connectivity index (χ3n) is 3.21. The van der Waals surface area contributed by atoms with E-state index in [2.05, 4.69) is 0 Å². The van der Waals surface area contributed by atoms with Gasteiger partial charge in [0.15, 0.2) is 0 Å². The van der Waals surface area contributed by atoms with Crippen molar-refractivity contribution in [1.82, 2.24) is 4.90 Å². The molecular formula is C10H17NO2. The Bertz CT molecular complexity index is 199. The molecule has 0 spiro atoms. The molecule has 1 N–H and O–H groups in total. The van der Waals surface area contributed by atoms with E-state index in [9.17, 15) is 9.90 Å². The number of hydrogen-bond acceptors (Lipinski definition) is 2. The number of amides is 1. The fourth-order valence-electron chi connectivity index (χ4n) is 2.46. The summed E-state index contributed by atoms with van der Waals surface area (Å²) in [5, 5.41) is 9.42.